The van der Waals surface area contributed by atoms with Gasteiger partial charge in [0.25, 0.3) is 0 Å². The Hall–Kier alpha value is -1.26. The molecule has 4 heteroatoms. The molecule has 0 aliphatic heterocycles. The predicted molar refractivity (Wildman–Crippen MR) is 69.2 cm³/mol. The van der Waals surface area contributed by atoms with E-state index >= 15 is 0 Å². The van der Waals surface area contributed by atoms with Crippen molar-refractivity contribution < 1.29 is 13.9 Å². The zero-order valence-corrected chi connectivity index (χ0v) is 11.0. The van der Waals surface area contributed by atoms with Gasteiger partial charge in [-0.15, -0.1) is 0 Å². The Labute approximate surface area is 112 Å². The molecule has 1 unspecified atom stereocenters. The van der Waals surface area contributed by atoms with Crippen LogP contribution >= 0.6 is 15.9 Å². The highest BCUT2D eigenvalue weighted by Gasteiger charge is 2.19. The van der Waals surface area contributed by atoms with Crippen LogP contribution in [0.1, 0.15) is 17.2 Å². The summed E-state index contributed by atoms with van der Waals surface area (Å²) in [7, 11) is 0. The van der Waals surface area contributed by atoms with E-state index < -0.39 is 17.7 Å². The van der Waals surface area contributed by atoms with Gasteiger partial charge in [0.2, 0.25) is 0 Å². The molecule has 0 heterocycles. The van der Waals surface area contributed by atoms with Crippen molar-refractivity contribution in [2.45, 2.75) is 12.5 Å². The highest BCUT2D eigenvalue weighted by Crippen LogP contribution is 2.27. The van der Waals surface area contributed by atoms with E-state index in [-0.39, 0.29) is 12.0 Å². The summed E-state index contributed by atoms with van der Waals surface area (Å²) >= 11 is 3.00. The average molecular weight is 313 g/mol. The third-order valence-electron chi connectivity index (χ3n) is 2.65. The van der Waals surface area contributed by atoms with Crippen molar-refractivity contribution in [2.75, 3.05) is 0 Å². The van der Waals surface area contributed by atoms with E-state index in [2.05, 4.69) is 15.9 Å². The summed E-state index contributed by atoms with van der Waals surface area (Å²) in [5.74, 6) is -1.49. The van der Waals surface area contributed by atoms with Crippen molar-refractivity contribution in [1.82, 2.24) is 0 Å². The van der Waals surface area contributed by atoms with Crippen molar-refractivity contribution in [3.8, 4) is 0 Å². The maximum Gasteiger partial charge on any atom is 0.133 e. The number of hydrogen-bond acceptors (Lipinski definition) is 1. The summed E-state index contributed by atoms with van der Waals surface area (Å²) in [5, 5.41) is 9.93. The minimum absolute atomic E-state index is 0.177. The van der Waals surface area contributed by atoms with Crippen LogP contribution in [0.25, 0.3) is 0 Å². The molecule has 0 radical (unpaired) electrons. The number of benzene rings is 2. The Bertz CT molecular complexity index is 520. The summed E-state index contributed by atoms with van der Waals surface area (Å²) in [6.07, 6.45) is -1.02. The molecule has 2 aromatic carbocycles. The van der Waals surface area contributed by atoms with Crippen LogP contribution in [0.15, 0.2) is 46.9 Å². The first-order valence-corrected chi connectivity index (χ1v) is 6.23. The topological polar surface area (TPSA) is 20.2 Å². The van der Waals surface area contributed by atoms with Gasteiger partial charge in [0, 0.05) is 10.9 Å². The lowest BCUT2D eigenvalue weighted by Crippen LogP contribution is -2.07. The lowest BCUT2D eigenvalue weighted by atomic mass is 10.0. The molecule has 0 spiro atoms. The van der Waals surface area contributed by atoms with Crippen molar-refractivity contribution in [3.63, 3.8) is 0 Å². The van der Waals surface area contributed by atoms with Gasteiger partial charge in [-0.25, -0.2) is 8.78 Å². The molecule has 2 aromatic rings. The SMILES string of the molecule is OC(Cc1ccccc1)c1c(F)cc(Br)cc1F. The molecule has 94 valence electrons. The molecule has 1 N–H and O–H groups in total. The maximum atomic E-state index is 13.6. The molecule has 1 nitrogen and oxygen atoms in total. The summed E-state index contributed by atoms with van der Waals surface area (Å²) in [5.41, 5.74) is 0.536. The van der Waals surface area contributed by atoms with Crippen molar-refractivity contribution in [1.29, 1.82) is 0 Å². The molecule has 1 atom stereocenters. The van der Waals surface area contributed by atoms with Gasteiger partial charge >= 0.3 is 0 Å². The van der Waals surface area contributed by atoms with Crippen molar-refractivity contribution >= 4 is 15.9 Å². The van der Waals surface area contributed by atoms with Gasteiger partial charge in [-0.3, -0.25) is 0 Å². The molecule has 0 saturated heterocycles. The van der Waals surface area contributed by atoms with E-state index in [0.717, 1.165) is 17.7 Å². The molecule has 18 heavy (non-hydrogen) atoms. The molecular weight excluding hydrogens is 302 g/mol. The van der Waals surface area contributed by atoms with Gasteiger partial charge in [-0.1, -0.05) is 46.3 Å². The number of rotatable bonds is 3. The summed E-state index contributed by atoms with van der Waals surface area (Å²) < 4.78 is 27.6. The standard InChI is InChI=1S/C14H11BrF2O/c15-10-7-11(16)14(12(17)8-10)13(18)6-9-4-2-1-3-5-9/h1-5,7-8,13,18H,6H2. The fourth-order valence-electron chi connectivity index (χ4n) is 1.81. The van der Waals surface area contributed by atoms with Gasteiger partial charge in [-0.2, -0.15) is 0 Å². The van der Waals surface area contributed by atoms with E-state index in [1.165, 1.54) is 0 Å². The Morgan fingerprint density at radius 1 is 1.06 bits per heavy atom. The average Bonchev–Trinajstić information content (AvgIpc) is 2.28. The lowest BCUT2D eigenvalue weighted by molar-refractivity contribution is 0.168. The second-order valence-corrected chi connectivity index (χ2v) is 4.90. The van der Waals surface area contributed by atoms with Gasteiger partial charge in [0.1, 0.15) is 11.6 Å². The molecule has 0 bridgehead atoms. The van der Waals surface area contributed by atoms with E-state index in [1.54, 1.807) is 12.1 Å². The minimum Gasteiger partial charge on any atom is -0.388 e. The van der Waals surface area contributed by atoms with E-state index in [1.807, 2.05) is 18.2 Å². The first-order valence-electron chi connectivity index (χ1n) is 5.44. The van der Waals surface area contributed by atoms with E-state index in [4.69, 9.17) is 0 Å². The van der Waals surface area contributed by atoms with Gasteiger partial charge in [0.05, 0.1) is 11.7 Å². The Morgan fingerprint density at radius 2 is 1.61 bits per heavy atom. The molecule has 2 rings (SSSR count). The highest BCUT2D eigenvalue weighted by molar-refractivity contribution is 9.10. The molecule has 0 fully saturated rings. The summed E-state index contributed by atoms with van der Waals surface area (Å²) in [6, 6.07) is 11.4. The molecule has 0 saturated carbocycles. The largest absolute Gasteiger partial charge is 0.388 e. The first-order chi connectivity index (χ1) is 8.58. The maximum absolute atomic E-state index is 13.6. The molecule has 0 amide bonds. The quantitative estimate of drug-likeness (QED) is 0.908. The zero-order valence-electron chi connectivity index (χ0n) is 9.41. The molecule has 0 aliphatic rings. The number of halogens is 3. The zero-order chi connectivity index (χ0) is 13.1. The second kappa shape index (κ2) is 5.59. The summed E-state index contributed by atoms with van der Waals surface area (Å²) in [4.78, 5) is 0. The fraction of sp³-hybridized carbons (Fsp3) is 0.143. The van der Waals surface area contributed by atoms with Crippen LogP contribution in [-0.2, 0) is 6.42 Å². The number of aliphatic hydroxyl groups excluding tert-OH is 1. The third-order valence-corrected chi connectivity index (χ3v) is 3.11. The van der Waals surface area contributed by atoms with Crippen molar-refractivity contribution in [3.05, 3.63) is 69.7 Å². The first kappa shape index (κ1) is 13.2. The normalized spacial score (nSPS) is 12.4. The smallest absolute Gasteiger partial charge is 0.133 e. The number of aliphatic hydroxyl groups is 1. The van der Waals surface area contributed by atoms with Crippen LogP contribution in [0, 0.1) is 11.6 Å². The van der Waals surface area contributed by atoms with Gasteiger partial charge in [-0.05, 0) is 17.7 Å². The highest BCUT2D eigenvalue weighted by atomic mass is 79.9. The Kier molecular flexibility index (Phi) is 4.09. The molecule has 0 aliphatic carbocycles. The minimum atomic E-state index is -1.19. The van der Waals surface area contributed by atoms with Crippen LogP contribution in [0.3, 0.4) is 0 Å². The second-order valence-electron chi connectivity index (χ2n) is 3.99. The third kappa shape index (κ3) is 2.94. The predicted octanol–water partition coefficient (Wildman–Crippen LogP) is 4.00. The fourth-order valence-corrected chi connectivity index (χ4v) is 2.21. The van der Waals surface area contributed by atoms with Crippen molar-refractivity contribution in [2.24, 2.45) is 0 Å². The molecular formula is C14H11BrF2O. The molecule has 0 aromatic heterocycles. The van der Waals surface area contributed by atoms with Gasteiger partial charge < -0.3 is 5.11 Å². The van der Waals surface area contributed by atoms with E-state index in [9.17, 15) is 13.9 Å². The monoisotopic (exact) mass is 312 g/mol. The van der Waals surface area contributed by atoms with Crippen LogP contribution < -0.4 is 0 Å². The van der Waals surface area contributed by atoms with Crippen LogP contribution in [0.4, 0.5) is 8.78 Å². The van der Waals surface area contributed by atoms with E-state index in [0.29, 0.717) is 4.47 Å². The van der Waals surface area contributed by atoms with Crippen LogP contribution in [-0.4, -0.2) is 5.11 Å². The Balaban J connectivity index is 2.27. The summed E-state index contributed by atoms with van der Waals surface area (Å²) in [6.45, 7) is 0. The van der Waals surface area contributed by atoms with Crippen LogP contribution in [0.5, 0.6) is 0 Å². The Morgan fingerprint density at radius 3 is 2.17 bits per heavy atom. The van der Waals surface area contributed by atoms with Gasteiger partial charge in [0.15, 0.2) is 0 Å². The lowest BCUT2D eigenvalue weighted by Gasteiger charge is -2.13. The number of hydrogen-bond donors (Lipinski definition) is 1. The van der Waals surface area contributed by atoms with Crippen LogP contribution in [0.2, 0.25) is 0 Å².